The molecule has 21 heavy (non-hydrogen) atoms. The van der Waals surface area contributed by atoms with Crippen LogP contribution in [0.5, 0.6) is 0 Å². The van der Waals surface area contributed by atoms with Gasteiger partial charge in [-0.25, -0.2) is 9.69 Å². The molecular weight excluding hydrogens is 266 g/mol. The lowest BCUT2D eigenvalue weighted by molar-refractivity contribution is 0.0363. The highest BCUT2D eigenvalue weighted by Gasteiger charge is 2.27. The van der Waals surface area contributed by atoms with Crippen LogP contribution >= 0.6 is 0 Å². The van der Waals surface area contributed by atoms with Crippen LogP contribution in [0.2, 0.25) is 0 Å². The lowest BCUT2D eigenvalue weighted by Gasteiger charge is -2.30. The summed E-state index contributed by atoms with van der Waals surface area (Å²) in [6.45, 7) is 8.95. The van der Waals surface area contributed by atoms with Gasteiger partial charge in [-0.2, -0.15) is 0 Å². The molecule has 114 valence electrons. The molecule has 1 aromatic rings. The average Bonchev–Trinajstić information content (AvgIpc) is 2.40. The van der Waals surface area contributed by atoms with E-state index in [1.165, 1.54) is 5.56 Å². The lowest BCUT2D eigenvalue weighted by atomic mass is 10.2. The number of hydrogen-bond donors (Lipinski definition) is 1. The topological polar surface area (TPSA) is 53.9 Å². The zero-order valence-electron chi connectivity index (χ0n) is 13.1. The highest BCUT2D eigenvalue weighted by atomic mass is 16.6. The van der Waals surface area contributed by atoms with Gasteiger partial charge in [0.05, 0.1) is 0 Å². The third kappa shape index (κ3) is 4.48. The van der Waals surface area contributed by atoms with Crippen molar-refractivity contribution in [1.29, 1.82) is 0 Å². The number of nitrogens with one attached hydrogen (secondary N) is 1. The Labute approximate surface area is 126 Å². The summed E-state index contributed by atoms with van der Waals surface area (Å²) < 4.78 is 5.43. The predicted octanol–water partition coefficient (Wildman–Crippen LogP) is 3.40. The molecule has 0 atom stereocenters. The van der Waals surface area contributed by atoms with Gasteiger partial charge in [0.15, 0.2) is 0 Å². The number of amides is 1. The average molecular weight is 289 g/mol. The predicted molar refractivity (Wildman–Crippen MR) is 84.7 cm³/mol. The summed E-state index contributed by atoms with van der Waals surface area (Å²) in [5, 5.41) is 3.20. The lowest BCUT2D eigenvalue weighted by Crippen LogP contribution is -2.46. The smallest absolute Gasteiger partial charge is 0.417 e. The van der Waals surface area contributed by atoms with Gasteiger partial charge in [-0.05, 0) is 46.2 Å². The second kappa shape index (κ2) is 6.16. The fourth-order valence-electron chi connectivity index (χ4n) is 1.97. The molecule has 1 heterocycles. The van der Waals surface area contributed by atoms with Crippen LogP contribution in [-0.2, 0) is 4.74 Å². The highest BCUT2D eigenvalue weighted by Crippen LogP contribution is 2.15. The molecule has 0 fully saturated rings. The molecule has 0 bridgehead atoms. The Morgan fingerprint density at radius 2 is 1.95 bits per heavy atom. The molecule has 5 nitrogen and oxygen atoms in total. The van der Waals surface area contributed by atoms with Gasteiger partial charge in [-0.3, -0.25) is 4.99 Å². The van der Waals surface area contributed by atoms with E-state index in [9.17, 15) is 4.79 Å². The summed E-state index contributed by atoms with van der Waals surface area (Å²) in [6.07, 6.45) is 0.485. The fourth-order valence-corrected chi connectivity index (χ4v) is 1.97. The van der Waals surface area contributed by atoms with Gasteiger partial charge in [-0.1, -0.05) is 17.7 Å². The first-order chi connectivity index (χ1) is 9.85. The molecule has 0 saturated heterocycles. The largest absolute Gasteiger partial charge is 0.443 e. The number of carbonyl (C=O) groups is 1. The van der Waals surface area contributed by atoms with Crippen LogP contribution in [0.25, 0.3) is 0 Å². The number of carbonyl (C=O) groups excluding carboxylic acids is 1. The zero-order valence-corrected chi connectivity index (χ0v) is 13.1. The van der Waals surface area contributed by atoms with Gasteiger partial charge < -0.3 is 10.1 Å². The first-order valence-corrected chi connectivity index (χ1v) is 7.24. The minimum Gasteiger partial charge on any atom is -0.443 e. The molecule has 1 amide bonds. The molecule has 1 aliphatic heterocycles. The van der Waals surface area contributed by atoms with Gasteiger partial charge in [0, 0.05) is 18.8 Å². The van der Waals surface area contributed by atoms with E-state index in [1.807, 2.05) is 52.0 Å². The van der Waals surface area contributed by atoms with E-state index in [-0.39, 0.29) is 6.09 Å². The van der Waals surface area contributed by atoms with Crippen LogP contribution in [0.15, 0.2) is 29.3 Å². The van der Waals surface area contributed by atoms with Crippen LogP contribution < -0.4 is 5.32 Å². The molecule has 0 unspecified atom stereocenters. The van der Waals surface area contributed by atoms with Gasteiger partial charge in [0.25, 0.3) is 0 Å². The van der Waals surface area contributed by atoms with Gasteiger partial charge in [0.1, 0.15) is 5.60 Å². The number of benzene rings is 1. The van der Waals surface area contributed by atoms with E-state index in [4.69, 9.17) is 4.74 Å². The Balaban J connectivity index is 2.10. The van der Waals surface area contributed by atoms with Crippen molar-refractivity contribution in [3.8, 4) is 0 Å². The zero-order chi connectivity index (χ0) is 15.5. The molecule has 5 heteroatoms. The minimum absolute atomic E-state index is 0.361. The second-order valence-electron chi connectivity index (χ2n) is 6.18. The Morgan fingerprint density at radius 1 is 1.29 bits per heavy atom. The van der Waals surface area contributed by atoms with Crippen LogP contribution in [0.1, 0.15) is 32.8 Å². The van der Waals surface area contributed by atoms with Crippen molar-refractivity contribution in [2.75, 3.05) is 18.4 Å². The summed E-state index contributed by atoms with van der Waals surface area (Å²) in [7, 11) is 0. The molecule has 0 saturated carbocycles. The van der Waals surface area contributed by atoms with Gasteiger partial charge in [-0.15, -0.1) is 0 Å². The second-order valence-corrected chi connectivity index (χ2v) is 6.18. The normalized spacial score (nSPS) is 15.4. The number of ether oxygens (including phenoxy) is 1. The van der Waals surface area contributed by atoms with Crippen molar-refractivity contribution < 1.29 is 9.53 Å². The number of aliphatic imine (C=N–C) groups is 1. The van der Waals surface area contributed by atoms with Crippen molar-refractivity contribution in [3.05, 3.63) is 29.8 Å². The molecule has 0 spiro atoms. The number of aryl methyl sites for hydroxylation is 1. The maximum absolute atomic E-state index is 12.3. The Hall–Kier alpha value is -2.04. The summed E-state index contributed by atoms with van der Waals surface area (Å²) in [6, 6.07) is 7.98. The number of rotatable bonds is 1. The third-order valence-electron chi connectivity index (χ3n) is 2.98. The quantitative estimate of drug-likeness (QED) is 0.862. The van der Waals surface area contributed by atoms with Gasteiger partial charge in [0.2, 0.25) is 5.96 Å². The van der Waals surface area contributed by atoms with Crippen LogP contribution in [0, 0.1) is 6.92 Å². The van der Waals surface area contributed by atoms with Crippen LogP contribution in [0.3, 0.4) is 0 Å². The van der Waals surface area contributed by atoms with Crippen molar-refractivity contribution in [3.63, 3.8) is 0 Å². The summed E-state index contributed by atoms with van der Waals surface area (Å²) in [5.74, 6) is 0.555. The molecular formula is C16H23N3O2. The molecule has 1 N–H and O–H groups in total. The first kappa shape index (κ1) is 15.4. The van der Waals surface area contributed by atoms with E-state index >= 15 is 0 Å². The summed E-state index contributed by atoms with van der Waals surface area (Å²) in [4.78, 5) is 18.2. The third-order valence-corrected chi connectivity index (χ3v) is 2.98. The number of nitrogens with zero attached hydrogens (tertiary/aromatic N) is 2. The molecule has 2 rings (SSSR count). The van der Waals surface area contributed by atoms with Crippen molar-refractivity contribution in [2.45, 2.75) is 39.7 Å². The molecule has 0 aromatic heterocycles. The number of anilines is 1. The minimum atomic E-state index is -0.510. The highest BCUT2D eigenvalue weighted by molar-refractivity contribution is 6.02. The van der Waals surface area contributed by atoms with Crippen molar-refractivity contribution in [2.24, 2.45) is 4.99 Å². The fraction of sp³-hybridized carbons (Fsp3) is 0.500. The molecule has 0 radical (unpaired) electrons. The van der Waals surface area contributed by atoms with Gasteiger partial charge >= 0.3 is 6.09 Å². The maximum Gasteiger partial charge on any atom is 0.417 e. The van der Waals surface area contributed by atoms with Crippen LogP contribution in [-0.4, -0.2) is 35.6 Å². The van der Waals surface area contributed by atoms with E-state index in [2.05, 4.69) is 10.3 Å². The Morgan fingerprint density at radius 3 is 2.57 bits per heavy atom. The SMILES string of the molecule is Cc1ccc(NC2=NCCCN2C(=O)OC(C)(C)C)cc1. The maximum atomic E-state index is 12.3. The van der Waals surface area contributed by atoms with Crippen molar-refractivity contribution in [1.82, 2.24) is 4.90 Å². The Kier molecular flexibility index (Phi) is 4.50. The number of guanidine groups is 1. The monoisotopic (exact) mass is 289 g/mol. The summed E-state index contributed by atoms with van der Waals surface area (Å²) >= 11 is 0. The first-order valence-electron chi connectivity index (χ1n) is 7.24. The van der Waals surface area contributed by atoms with E-state index in [1.54, 1.807) is 4.90 Å². The molecule has 1 aromatic carbocycles. The summed E-state index contributed by atoms with van der Waals surface area (Å²) in [5.41, 5.74) is 1.59. The molecule has 1 aliphatic rings. The van der Waals surface area contributed by atoms with E-state index in [0.717, 1.165) is 12.1 Å². The van der Waals surface area contributed by atoms with Crippen LogP contribution in [0.4, 0.5) is 10.5 Å². The molecule has 0 aliphatic carbocycles. The number of hydrogen-bond acceptors (Lipinski definition) is 4. The van der Waals surface area contributed by atoms with E-state index < -0.39 is 5.60 Å². The Bertz CT molecular complexity index is 529. The van der Waals surface area contributed by atoms with E-state index in [0.29, 0.717) is 19.0 Å². The van der Waals surface area contributed by atoms with Crippen molar-refractivity contribution >= 4 is 17.7 Å². The standard InChI is InChI=1S/C16H23N3O2/c1-12-6-8-13(9-7-12)18-14-17-10-5-11-19(14)15(20)21-16(2,3)4/h6-9H,5,10-11H2,1-4H3,(H,17,18).